The van der Waals surface area contributed by atoms with Crippen LogP contribution in [0.25, 0.3) is 0 Å². The molecule has 0 radical (unpaired) electrons. The van der Waals surface area contributed by atoms with Crippen molar-refractivity contribution in [2.45, 2.75) is 23.9 Å². The summed E-state index contributed by atoms with van der Waals surface area (Å²) in [5.74, 6) is 6.63. The molecule has 2 aromatic rings. The van der Waals surface area contributed by atoms with Crippen LogP contribution in [0.4, 0.5) is 11.4 Å². The van der Waals surface area contributed by atoms with Crippen LogP contribution in [0.3, 0.4) is 0 Å². The first-order chi connectivity index (χ1) is 11.5. The molecule has 1 fully saturated rings. The quantitative estimate of drug-likeness (QED) is 0.346. The topological polar surface area (TPSA) is 129 Å². The number of nitrogen functional groups attached to an aromatic ring is 1. The van der Waals surface area contributed by atoms with Gasteiger partial charge in [0.1, 0.15) is 0 Å². The molecule has 1 aromatic heterocycles. The molecule has 1 aliphatic rings. The highest BCUT2D eigenvalue weighted by molar-refractivity contribution is 7.99. The van der Waals surface area contributed by atoms with E-state index in [2.05, 4.69) is 15.5 Å². The number of aromatic nitrogens is 3. The molecule has 0 atom stereocenters. The number of nitrogens with one attached hydrogen (secondary N) is 1. The average Bonchev–Trinajstić information content (AvgIpc) is 3.31. The lowest BCUT2D eigenvalue weighted by atomic mass is 10.3. The number of nitro benzene ring substituents is 1. The second kappa shape index (κ2) is 6.65. The predicted molar refractivity (Wildman–Crippen MR) is 89.6 cm³/mol. The van der Waals surface area contributed by atoms with E-state index in [1.807, 2.05) is 0 Å². The molecule has 126 valence electrons. The molecule has 1 aromatic carbocycles. The fourth-order valence-corrected chi connectivity index (χ4v) is 2.87. The van der Waals surface area contributed by atoms with Crippen LogP contribution in [-0.4, -0.2) is 31.5 Å². The van der Waals surface area contributed by atoms with Gasteiger partial charge >= 0.3 is 0 Å². The van der Waals surface area contributed by atoms with Gasteiger partial charge in [-0.2, -0.15) is 0 Å². The highest BCUT2D eigenvalue weighted by Gasteiger charge is 2.30. The Kier molecular flexibility index (Phi) is 4.58. The highest BCUT2D eigenvalue weighted by Crippen LogP contribution is 2.39. The minimum Gasteiger partial charge on any atom is -0.336 e. The average molecular weight is 369 g/mol. The highest BCUT2D eigenvalue weighted by atomic mass is 35.5. The Morgan fingerprint density at radius 3 is 2.92 bits per heavy atom. The Balaban J connectivity index is 1.62. The Hall–Kier alpha value is -2.33. The van der Waals surface area contributed by atoms with Gasteiger partial charge in [0.25, 0.3) is 5.69 Å². The Morgan fingerprint density at radius 2 is 2.25 bits per heavy atom. The summed E-state index contributed by atoms with van der Waals surface area (Å²) in [6.07, 6.45) is 2.09. The third-order valence-corrected chi connectivity index (χ3v) is 4.67. The smallest absolute Gasteiger partial charge is 0.271 e. The zero-order valence-electron chi connectivity index (χ0n) is 12.3. The van der Waals surface area contributed by atoms with Gasteiger partial charge in [-0.3, -0.25) is 14.9 Å². The number of carbonyl (C=O) groups is 1. The van der Waals surface area contributed by atoms with Gasteiger partial charge in [-0.15, -0.1) is 10.2 Å². The largest absolute Gasteiger partial charge is 0.336 e. The van der Waals surface area contributed by atoms with Crippen LogP contribution in [0.2, 0.25) is 5.02 Å². The first-order valence-electron chi connectivity index (χ1n) is 7.02. The van der Waals surface area contributed by atoms with Gasteiger partial charge in [0.15, 0.2) is 5.82 Å². The number of hydrogen-bond acceptors (Lipinski definition) is 7. The second-order valence-electron chi connectivity index (χ2n) is 5.24. The van der Waals surface area contributed by atoms with Gasteiger partial charge in [0, 0.05) is 18.1 Å². The van der Waals surface area contributed by atoms with Crippen molar-refractivity contribution >= 4 is 40.6 Å². The molecule has 9 nitrogen and oxygen atoms in total. The lowest BCUT2D eigenvalue weighted by Crippen LogP contribution is -2.17. The molecular formula is C13H13ClN6O3S. The summed E-state index contributed by atoms with van der Waals surface area (Å²) >= 11 is 7.07. The van der Waals surface area contributed by atoms with Crippen LogP contribution < -0.4 is 11.2 Å². The number of anilines is 1. The lowest BCUT2D eigenvalue weighted by Gasteiger charge is -2.07. The number of nitrogens with zero attached hydrogens (tertiary/aromatic N) is 4. The minimum atomic E-state index is -0.558. The summed E-state index contributed by atoms with van der Waals surface area (Å²) in [6.45, 7) is 0. The molecule has 0 spiro atoms. The number of rotatable bonds is 6. The molecule has 11 heteroatoms. The van der Waals surface area contributed by atoms with Crippen LogP contribution in [0.1, 0.15) is 24.6 Å². The third kappa shape index (κ3) is 3.60. The maximum absolute atomic E-state index is 12.0. The van der Waals surface area contributed by atoms with E-state index in [4.69, 9.17) is 17.4 Å². The molecule has 1 saturated carbocycles. The van der Waals surface area contributed by atoms with Gasteiger partial charge in [0.05, 0.1) is 21.4 Å². The van der Waals surface area contributed by atoms with Crippen molar-refractivity contribution < 1.29 is 9.72 Å². The summed E-state index contributed by atoms with van der Waals surface area (Å²) in [5.41, 5.74) is 0.0301. The van der Waals surface area contributed by atoms with E-state index >= 15 is 0 Å². The fourth-order valence-electron chi connectivity index (χ4n) is 2.05. The molecule has 1 heterocycles. The fraction of sp³-hybridized carbons (Fsp3) is 0.308. The third-order valence-electron chi connectivity index (χ3n) is 3.40. The molecule has 0 unspecified atom stereocenters. The Labute approximate surface area is 145 Å². The molecular weight excluding hydrogens is 356 g/mol. The second-order valence-corrected chi connectivity index (χ2v) is 6.59. The van der Waals surface area contributed by atoms with E-state index < -0.39 is 4.92 Å². The Bertz CT molecular complexity index is 807. The summed E-state index contributed by atoms with van der Waals surface area (Å²) < 4.78 is 1.40. The van der Waals surface area contributed by atoms with Gasteiger partial charge in [-0.1, -0.05) is 23.4 Å². The van der Waals surface area contributed by atoms with Gasteiger partial charge < -0.3 is 11.2 Å². The monoisotopic (exact) mass is 368 g/mol. The number of amides is 1. The van der Waals surface area contributed by atoms with E-state index in [-0.39, 0.29) is 28.1 Å². The van der Waals surface area contributed by atoms with Crippen molar-refractivity contribution in [1.82, 2.24) is 14.9 Å². The maximum atomic E-state index is 12.0. The normalized spacial score (nSPS) is 13.7. The molecule has 1 amide bonds. The molecule has 24 heavy (non-hydrogen) atoms. The molecule has 1 aliphatic carbocycles. The number of hydrogen-bond donors (Lipinski definition) is 2. The van der Waals surface area contributed by atoms with E-state index in [0.29, 0.717) is 11.1 Å². The summed E-state index contributed by atoms with van der Waals surface area (Å²) in [6, 6.07) is 3.84. The Morgan fingerprint density at radius 1 is 1.50 bits per heavy atom. The van der Waals surface area contributed by atoms with E-state index in [0.717, 1.165) is 30.4 Å². The van der Waals surface area contributed by atoms with Crippen molar-refractivity contribution in [3.8, 4) is 0 Å². The standard InChI is InChI=1S/C13H13ClN6O3S/c14-9-4-3-8(20(22)23)5-10(9)16-11(21)6-24-13-18-17-12(19(13)15)7-1-2-7/h3-5,7H,1-2,6,15H2,(H,16,21). The first kappa shape index (κ1) is 16.5. The number of benzene rings is 1. The van der Waals surface area contributed by atoms with Gasteiger partial charge in [0.2, 0.25) is 11.1 Å². The molecule has 0 aliphatic heterocycles. The summed E-state index contributed by atoms with van der Waals surface area (Å²) in [7, 11) is 0. The first-order valence-corrected chi connectivity index (χ1v) is 8.39. The van der Waals surface area contributed by atoms with Crippen LogP contribution in [-0.2, 0) is 4.79 Å². The number of nitro groups is 1. The van der Waals surface area contributed by atoms with Crippen molar-refractivity contribution in [3.63, 3.8) is 0 Å². The molecule has 0 bridgehead atoms. The van der Waals surface area contributed by atoms with Gasteiger partial charge in [-0.05, 0) is 18.9 Å². The predicted octanol–water partition coefficient (Wildman–Crippen LogP) is 2.16. The van der Waals surface area contributed by atoms with Crippen molar-refractivity contribution in [2.24, 2.45) is 0 Å². The van der Waals surface area contributed by atoms with Crippen molar-refractivity contribution in [3.05, 3.63) is 39.2 Å². The molecule has 3 N–H and O–H groups in total. The summed E-state index contributed by atoms with van der Waals surface area (Å²) in [5, 5.41) is 22.0. The number of thioether (sulfide) groups is 1. The van der Waals surface area contributed by atoms with Crippen LogP contribution in [0.5, 0.6) is 0 Å². The molecule has 0 saturated heterocycles. The maximum Gasteiger partial charge on any atom is 0.271 e. The zero-order chi connectivity index (χ0) is 17.3. The summed E-state index contributed by atoms with van der Waals surface area (Å²) in [4.78, 5) is 22.2. The van der Waals surface area contributed by atoms with Crippen molar-refractivity contribution in [2.75, 3.05) is 16.9 Å². The number of nitrogens with two attached hydrogens (primary N) is 1. The van der Waals surface area contributed by atoms with Crippen LogP contribution in [0, 0.1) is 10.1 Å². The SMILES string of the molecule is Nn1c(SCC(=O)Nc2cc([N+](=O)[O-])ccc2Cl)nnc1C1CC1. The lowest BCUT2D eigenvalue weighted by molar-refractivity contribution is -0.384. The van der Waals surface area contributed by atoms with Crippen LogP contribution in [0.15, 0.2) is 23.4 Å². The zero-order valence-corrected chi connectivity index (χ0v) is 13.9. The number of non-ortho nitro benzene ring substituents is 1. The number of carbonyl (C=O) groups excluding carboxylic acids is 1. The molecule has 3 rings (SSSR count). The van der Waals surface area contributed by atoms with Gasteiger partial charge in [-0.25, -0.2) is 4.68 Å². The van der Waals surface area contributed by atoms with Crippen LogP contribution >= 0.6 is 23.4 Å². The van der Waals surface area contributed by atoms with E-state index in [9.17, 15) is 14.9 Å². The van der Waals surface area contributed by atoms with E-state index in [1.165, 1.54) is 22.9 Å². The van der Waals surface area contributed by atoms with Crippen molar-refractivity contribution in [1.29, 1.82) is 0 Å². The van der Waals surface area contributed by atoms with E-state index in [1.54, 1.807) is 0 Å². The minimum absolute atomic E-state index is 0.0268. The number of halogens is 1.